The van der Waals surface area contributed by atoms with Gasteiger partial charge >= 0.3 is 0 Å². The van der Waals surface area contributed by atoms with Crippen molar-refractivity contribution in [1.82, 2.24) is 9.78 Å². The van der Waals surface area contributed by atoms with Crippen molar-refractivity contribution in [3.05, 3.63) is 70.9 Å². The van der Waals surface area contributed by atoms with E-state index in [-0.39, 0.29) is 24.0 Å². The predicted molar refractivity (Wildman–Crippen MR) is 110 cm³/mol. The number of carbonyl (C=O) groups is 1. The van der Waals surface area contributed by atoms with Crippen molar-refractivity contribution >= 4 is 21.6 Å². The number of nitrogens with one attached hydrogen (secondary N) is 1. The summed E-state index contributed by atoms with van der Waals surface area (Å²) in [7, 11) is -3.25. The summed E-state index contributed by atoms with van der Waals surface area (Å²) in [5, 5.41) is 7.26. The molecule has 0 bridgehead atoms. The van der Waals surface area contributed by atoms with Crippen LogP contribution >= 0.6 is 0 Å². The lowest BCUT2D eigenvalue weighted by atomic mass is 10.2. The molecular formula is C21H21N3O4S. The molecule has 0 atom stereocenters. The maximum Gasteiger partial charge on any atom is 0.263 e. The summed E-state index contributed by atoms with van der Waals surface area (Å²) in [5.74, 6) is 0.327. The van der Waals surface area contributed by atoms with Crippen LogP contribution in [0.5, 0.6) is 5.75 Å². The fraction of sp³-hybridized carbons (Fsp3) is 0.238. The predicted octanol–water partition coefficient (Wildman–Crippen LogP) is 2.94. The van der Waals surface area contributed by atoms with Crippen molar-refractivity contribution in [3.8, 4) is 11.4 Å². The second-order valence-electron chi connectivity index (χ2n) is 7.21. The number of benzene rings is 2. The van der Waals surface area contributed by atoms with E-state index in [1.54, 1.807) is 16.8 Å². The molecule has 0 saturated heterocycles. The highest BCUT2D eigenvalue weighted by Crippen LogP contribution is 2.33. The number of nitrogens with zero attached hydrogens (tertiary/aromatic N) is 2. The monoisotopic (exact) mass is 411 g/mol. The summed E-state index contributed by atoms with van der Waals surface area (Å²) in [4.78, 5) is 12.5. The molecule has 0 saturated carbocycles. The Morgan fingerprint density at radius 1 is 1.10 bits per heavy atom. The van der Waals surface area contributed by atoms with E-state index in [0.29, 0.717) is 22.8 Å². The van der Waals surface area contributed by atoms with E-state index in [1.165, 1.54) is 0 Å². The molecule has 2 aromatic carbocycles. The largest absolute Gasteiger partial charge is 0.484 e. The van der Waals surface area contributed by atoms with Crippen molar-refractivity contribution in [2.45, 2.75) is 25.4 Å². The number of carbonyl (C=O) groups excluding carboxylic acids is 1. The van der Waals surface area contributed by atoms with E-state index in [1.807, 2.05) is 50.2 Å². The Hall–Kier alpha value is -3.13. The van der Waals surface area contributed by atoms with E-state index in [2.05, 4.69) is 10.4 Å². The lowest BCUT2D eigenvalue weighted by molar-refractivity contribution is -0.118. The number of hydrogen-bond donors (Lipinski definition) is 1. The third-order valence-corrected chi connectivity index (χ3v) is 6.12. The van der Waals surface area contributed by atoms with Crippen molar-refractivity contribution in [2.75, 3.05) is 11.9 Å². The molecule has 0 radical (unpaired) electrons. The topological polar surface area (TPSA) is 90.3 Å². The first-order chi connectivity index (χ1) is 13.8. The first-order valence-corrected chi connectivity index (χ1v) is 11.0. The molecule has 29 heavy (non-hydrogen) atoms. The number of anilines is 1. The van der Waals surface area contributed by atoms with Crippen LogP contribution in [-0.4, -0.2) is 30.7 Å². The van der Waals surface area contributed by atoms with Gasteiger partial charge in [-0.25, -0.2) is 13.1 Å². The quantitative estimate of drug-likeness (QED) is 0.697. The van der Waals surface area contributed by atoms with Gasteiger partial charge in [0.1, 0.15) is 11.6 Å². The first-order valence-electron chi connectivity index (χ1n) is 9.18. The molecule has 150 valence electrons. The van der Waals surface area contributed by atoms with Gasteiger partial charge in [-0.3, -0.25) is 4.79 Å². The third-order valence-electron chi connectivity index (χ3n) is 4.68. The highest BCUT2D eigenvalue weighted by molar-refractivity contribution is 7.90. The Labute approximate surface area is 169 Å². The molecule has 8 heteroatoms. The molecule has 0 spiro atoms. The van der Waals surface area contributed by atoms with Crippen LogP contribution in [-0.2, 0) is 26.1 Å². The van der Waals surface area contributed by atoms with E-state index in [9.17, 15) is 13.2 Å². The number of ether oxygens (including phenoxy) is 1. The molecule has 0 unspecified atom stereocenters. The molecule has 1 aliphatic heterocycles. The molecule has 7 nitrogen and oxygen atoms in total. The van der Waals surface area contributed by atoms with Gasteiger partial charge in [-0.15, -0.1) is 0 Å². The van der Waals surface area contributed by atoms with Crippen LogP contribution in [0.25, 0.3) is 5.69 Å². The summed E-state index contributed by atoms with van der Waals surface area (Å²) in [6.45, 7) is 3.74. The molecule has 2 heterocycles. The molecule has 0 fully saturated rings. The van der Waals surface area contributed by atoms with E-state index >= 15 is 0 Å². The zero-order valence-corrected chi connectivity index (χ0v) is 17.0. The van der Waals surface area contributed by atoms with Crippen molar-refractivity contribution in [1.29, 1.82) is 0 Å². The summed E-state index contributed by atoms with van der Waals surface area (Å²) < 4.78 is 31.2. The van der Waals surface area contributed by atoms with E-state index in [0.717, 1.165) is 16.8 Å². The van der Waals surface area contributed by atoms with Crippen LogP contribution < -0.4 is 10.1 Å². The molecule has 0 aliphatic carbocycles. The minimum Gasteiger partial charge on any atom is -0.484 e. The zero-order chi connectivity index (χ0) is 20.6. The highest BCUT2D eigenvalue weighted by atomic mass is 32.2. The normalized spacial score (nSPS) is 14.4. The number of sulfone groups is 1. The van der Waals surface area contributed by atoms with Crippen LogP contribution in [0, 0.1) is 13.8 Å². The number of amides is 1. The number of rotatable bonds is 5. The SMILES string of the molecule is Cc1ccc(OCC(=O)Nc2c3c(nn2-c2cccc(C)c2)CS(=O)(=O)C3)cc1. The van der Waals surface area contributed by atoms with Crippen LogP contribution in [0.2, 0.25) is 0 Å². The van der Waals surface area contributed by atoms with Crippen LogP contribution in [0.15, 0.2) is 48.5 Å². The second-order valence-corrected chi connectivity index (χ2v) is 9.27. The van der Waals surface area contributed by atoms with Crippen LogP contribution in [0.1, 0.15) is 22.4 Å². The maximum absolute atomic E-state index is 12.5. The van der Waals surface area contributed by atoms with Gasteiger partial charge in [-0.1, -0.05) is 29.8 Å². The Balaban J connectivity index is 1.60. The van der Waals surface area contributed by atoms with Gasteiger partial charge in [0.2, 0.25) is 0 Å². The van der Waals surface area contributed by atoms with Gasteiger partial charge in [0.05, 0.1) is 22.9 Å². The lowest BCUT2D eigenvalue weighted by Crippen LogP contribution is -2.22. The molecule has 1 N–H and O–H groups in total. The molecule has 1 aromatic heterocycles. The Kier molecular flexibility index (Phi) is 4.87. The minimum absolute atomic E-state index is 0.121. The number of fused-ring (bicyclic) bond motifs is 1. The lowest BCUT2D eigenvalue weighted by Gasteiger charge is -2.12. The summed E-state index contributed by atoms with van der Waals surface area (Å²) in [5.41, 5.74) is 3.90. The average Bonchev–Trinajstić information content (AvgIpc) is 3.14. The number of aryl methyl sites for hydroxylation is 2. The van der Waals surface area contributed by atoms with Crippen molar-refractivity contribution in [3.63, 3.8) is 0 Å². The first kappa shape index (κ1) is 19.2. The molecule has 3 aromatic rings. The molecule has 1 amide bonds. The molecular weight excluding hydrogens is 390 g/mol. The van der Waals surface area contributed by atoms with Gasteiger partial charge in [-0.2, -0.15) is 5.10 Å². The molecule has 4 rings (SSSR count). The van der Waals surface area contributed by atoms with Gasteiger partial charge in [0.15, 0.2) is 16.4 Å². The number of hydrogen-bond acceptors (Lipinski definition) is 5. The van der Waals surface area contributed by atoms with Crippen molar-refractivity contribution < 1.29 is 17.9 Å². The van der Waals surface area contributed by atoms with Gasteiger partial charge in [-0.05, 0) is 43.7 Å². The van der Waals surface area contributed by atoms with Crippen LogP contribution in [0.4, 0.5) is 5.82 Å². The summed E-state index contributed by atoms with van der Waals surface area (Å²) in [6, 6.07) is 15.0. The standard InChI is InChI=1S/C21H21N3O4S/c1-14-6-8-17(9-7-14)28-11-20(25)22-21-18-12-29(26,27)13-19(18)23-24(21)16-5-3-4-15(2)10-16/h3-10H,11-13H2,1-2H3,(H,22,25). The van der Waals surface area contributed by atoms with E-state index in [4.69, 9.17) is 4.74 Å². The summed E-state index contributed by atoms with van der Waals surface area (Å²) >= 11 is 0. The summed E-state index contributed by atoms with van der Waals surface area (Å²) in [6.07, 6.45) is 0. The van der Waals surface area contributed by atoms with Crippen molar-refractivity contribution in [2.24, 2.45) is 0 Å². The number of aromatic nitrogens is 2. The maximum atomic E-state index is 12.5. The fourth-order valence-corrected chi connectivity index (χ4v) is 4.76. The minimum atomic E-state index is -3.25. The fourth-order valence-electron chi connectivity index (χ4n) is 3.27. The van der Waals surface area contributed by atoms with Crippen LogP contribution in [0.3, 0.4) is 0 Å². The molecule has 1 aliphatic rings. The van der Waals surface area contributed by atoms with Gasteiger partial charge in [0.25, 0.3) is 5.91 Å². The Bertz CT molecular complexity index is 1180. The highest BCUT2D eigenvalue weighted by Gasteiger charge is 2.33. The third kappa shape index (κ3) is 4.17. The average molecular weight is 411 g/mol. The zero-order valence-electron chi connectivity index (χ0n) is 16.2. The Morgan fingerprint density at radius 2 is 1.86 bits per heavy atom. The van der Waals surface area contributed by atoms with Gasteiger partial charge in [0, 0.05) is 5.56 Å². The second kappa shape index (κ2) is 7.36. The van der Waals surface area contributed by atoms with E-state index < -0.39 is 9.84 Å². The smallest absolute Gasteiger partial charge is 0.263 e. The van der Waals surface area contributed by atoms with Gasteiger partial charge < -0.3 is 10.1 Å². The Morgan fingerprint density at radius 3 is 2.59 bits per heavy atom.